The number of rotatable bonds is 7. The van der Waals surface area contributed by atoms with Crippen LogP contribution in [0.15, 0.2) is 36.7 Å². The molecule has 1 atom stereocenters. The number of amides is 2. The average Bonchev–Trinajstić information content (AvgIpc) is 3.11. The first-order chi connectivity index (χ1) is 13.0. The summed E-state index contributed by atoms with van der Waals surface area (Å²) in [5.41, 5.74) is 6.50. The summed E-state index contributed by atoms with van der Waals surface area (Å²) in [6, 6.07) is 7.76. The van der Waals surface area contributed by atoms with E-state index in [9.17, 15) is 9.59 Å². The molecule has 1 aromatic carbocycles. The van der Waals surface area contributed by atoms with E-state index in [-0.39, 0.29) is 24.3 Å². The molecule has 3 rings (SSSR count). The van der Waals surface area contributed by atoms with Crippen molar-refractivity contribution in [3.8, 4) is 0 Å². The molecule has 2 amide bonds. The fourth-order valence-corrected chi connectivity index (χ4v) is 3.78. The fourth-order valence-electron chi connectivity index (χ4n) is 3.65. The van der Waals surface area contributed by atoms with Crippen LogP contribution in [0.25, 0.3) is 0 Å². The molecule has 2 heterocycles. The number of primary amides is 1. The molecule has 144 valence electrons. The van der Waals surface area contributed by atoms with Gasteiger partial charge in [0.1, 0.15) is 12.4 Å². The quantitative estimate of drug-likeness (QED) is 0.791. The Kier molecular flexibility index (Phi) is 6.50. The Morgan fingerprint density at radius 3 is 2.78 bits per heavy atom. The van der Waals surface area contributed by atoms with Gasteiger partial charge < -0.3 is 15.2 Å². The third-order valence-corrected chi connectivity index (χ3v) is 5.23. The van der Waals surface area contributed by atoms with Crippen molar-refractivity contribution in [2.24, 2.45) is 5.73 Å². The normalized spacial score (nSPS) is 17.1. The van der Waals surface area contributed by atoms with Gasteiger partial charge >= 0.3 is 0 Å². The lowest BCUT2D eigenvalue weighted by Gasteiger charge is -2.32. The average molecular weight is 389 g/mol. The number of nitrogens with two attached hydrogens (primary N) is 1. The van der Waals surface area contributed by atoms with E-state index in [1.165, 1.54) is 5.56 Å². The van der Waals surface area contributed by atoms with Crippen LogP contribution in [-0.4, -0.2) is 39.4 Å². The zero-order chi connectivity index (χ0) is 19.2. The summed E-state index contributed by atoms with van der Waals surface area (Å²) in [6.07, 6.45) is 7.58. The van der Waals surface area contributed by atoms with Crippen molar-refractivity contribution in [3.05, 3.63) is 53.1 Å². The van der Waals surface area contributed by atoms with Crippen LogP contribution in [0.5, 0.6) is 0 Å². The standard InChI is InChI=1S/C20H25ClN4O2/c21-17-8-6-15(7-9-17)3-1-5-19(27)24-11-2-4-16(13-24)20-23-10-12-25(20)14-18(22)26/h6-10,12,16H,1-5,11,13-14H2,(H2,22,26)/t16-/m1/s1. The number of aryl methyl sites for hydroxylation is 1. The monoisotopic (exact) mass is 388 g/mol. The Balaban J connectivity index is 1.53. The van der Waals surface area contributed by atoms with Gasteiger partial charge in [-0.15, -0.1) is 0 Å². The van der Waals surface area contributed by atoms with Gasteiger partial charge in [0.15, 0.2) is 0 Å². The molecule has 1 fully saturated rings. The van der Waals surface area contributed by atoms with Gasteiger partial charge in [-0.25, -0.2) is 4.98 Å². The second-order valence-corrected chi connectivity index (χ2v) is 7.48. The molecule has 1 saturated heterocycles. The first kappa shape index (κ1) is 19.4. The van der Waals surface area contributed by atoms with Crippen molar-refractivity contribution in [2.45, 2.75) is 44.6 Å². The Morgan fingerprint density at radius 2 is 2.04 bits per heavy atom. The summed E-state index contributed by atoms with van der Waals surface area (Å²) < 4.78 is 1.79. The molecule has 7 heteroatoms. The molecule has 1 aliphatic rings. The molecular formula is C20H25ClN4O2. The maximum Gasteiger partial charge on any atom is 0.237 e. The van der Waals surface area contributed by atoms with E-state index in [0.717, 1.165) is 43.1 Å². The molecule has 0 spiro atoms. The van der Waals surface area contributed by atoms with E-state index >= 15 is 0 Å². The summed E-state index contributed by atoms with van der Waals surface area (Å²) in [7, 11) is 0. The third kappa shape index (κ3) is 5.32. The maximum atomic E-state index is 12.6. The first-order valence-corrected chi connectivity index (χ1v) is 9.72. The Hall–Kier alpha value is -2.34. The number of benzene rings is 1. The van der Waals surface area contributed by atoms with Crippen molar-refractivity contribution in [2.75, 3.05) is 13.1 Å². The number of nitrogens with zero attached hydrogens (tertiary/aromatic N) is 3. The zero-order valence-electron chi connectivity index (χ0n) is 15.3. The number of aromatic nitrogens is 2. The van der Waals surface area contributed by atoms with E-state index in [2.05, 4.69) is 4.98 Å². The van der Waals surface area contributed by atoms with Gasteiger partial charge in [0.05, 0.1) is 0 Å². The number of imidazole rings is 1. The largest absolute Gasteiger partial charge is 0.368 e. The van der Waals surface area contributed by atoms with Crippen LogP contribution in [0.1, 0.15) is 43.0 Å². The van der Waals surface area contributed by atoms with Crippen molar-refractivity contribution < 1.29 is 9.59 Å². The lowest BCUT2D eigenvalue weighted by molar-refractivity contribution is -0.132. The van der Waals surface area contributed by atoms with Crippen LogP contribution < -0.4 is 5.73 Å². The van der Waals surface area contributed by atoms with Gasteiger partial charge in [-0.2, -0.15) is 0 Å². The van der Waals surface area contributed by atoms with Gasteiger partial charge in [-0.05, 0) is 43.4 Å². The van der Waals surface area contributed by atoms with Gasteiger partial charge in [0.2, 0.25) is 11.8 Å². The minimum Gasteiger partial charge on any atom is -0.368 e. The Morgan fingerprint density at radius 1 is 1.26 bits per heavy atom. The summed E-state index contributed by atoms with van der Waals surface area (Å²) in [4.78, 5) is 30.2. The molecule has 2 aromatic rings. The van der Waals surface area contributed by atoms with E-state index in [1.54, 1.807) is 17.0 Å². The lowest BCUT2D eigenvalue weighted by Crippen LogP contribution is -2.40. The summed E-state index contributed by atoms with van der Waals surface area (Å²) in [5, 5.41) is 0.726. The molecule has 0 radical (unpaired) electrons. The molecule has 1 aromatic heterocycles. The van der Waals surface area contributed by atoms with Gasteiger partial charge in [-0.3, -0.25) is 9.59 Å². The lowest BCUT2D eigenvalue weighted by atomic mass is 9.96. The van der Waals surface area contributed by atoms with Crippen LogP contribution in [0.4, 0.5) is 0 Å². The highest BCUT2D eigenvalue weighted by atomic mass is 35.5. The van der Waals surface area contributed by atoms with Crippen LogP contribution >= 0.6 is 11.6 Å². The van der Waals surface area contributed by atoms with E-state index in [4.69, 9.17) is 17.3 Å². The minimum absolute atomic E-state index is 0.126. The number of hydrogen-bond donors (Lipinski definition) is 1. The maximum absolute atomic E-state index is 12.6. The van der Waals surface area contributed by atoms with Crippen LogP contribution in [0.3, 0.4) is 0 Å². The van der Waals surface area contributed by atoms with E-state index in [0.29, 0.717) is 13.0 Å². The number of carbonyl (C=O) groups is 2. The second kappa shape index (κ2) is 9.04. The molecule has 1 aliphatic heterocycles. The highest BCUT2D eigenvalue weighted by Gasteiger charge is 2.27. The highest BCUT2D eigenvalue weighted by molar-refractivity contribution is 6.30. The molecule has 27 heavy (non-hydrogen) atoms. The fraction of sp³-hybridized carbons (Fsp3) is 0.450. The van der Waals surface area contributed by atoms with Crippen LogP contribution in [0, 0.1) is 0 Å². The van der Waals surface area contributed by atoms with Crippen LogP contribution in [0.2, 0.25) is 5.02 Å². The number of hydrogen-bond acceptors (Lipinski definition) is 3. The SMILES string of the molecule is NC(=O)Cn1ccnc1[C@@H]1CCCN(C(=O)CCCc2ccc(Cl)cc2)C1. The third-order valence-electron chi connectivity index (χ3n) is 4.98. The van der Waals surface area contributed by atoms with Gasteiger partial charge in [-0.1, -0.05) is 23.7 Å². The molecule has 2 N–H and O–H groups in total. The van der Waals surface area contributed by atoms with Crippen molar-refractivity contribution in [1.82, 2.24) is 14.5 Å². The topological polar surface area (TPSA) is 81.2 Å². The van der Waals surface area contributed by atoms with Gasteiger partial charge in [0.25, 0.3) is 0 Å². The molecular weight excluding hydrogens is 364 g/mol. The number of likely N-dealkylation sites (tertiary alicyclic amines) is 1. The molecule has 0 aliphatic carbocycles. The zero-order valence-corrected chi connectivity index (χ0v) is 16.1. The summed E-state index contributed by atoms with van der Waals surface area (Å²) in [6.45, 7) is 1.56. The molecule has 6 nitrogen and oxygen atoms in total. The van der Waals surface area contributed by atoms with Crippen molar-refractivity contribution >= 4 is 23.4 Å². The first-order valence-electron chi connectivity index (χ1n) is 9.34. The highest BCUT2D eigenvalue weighted by Crippen LogP contribution is 2.26. The predicted molar refractivity (Wildman–Crippen MR) is 104 cm³/mol. The molecule has 0 bridgehead atoms. The molecule has 0 saturated carbocycles. The molecule has 0 unspecified atom stereocenters. The summed E-state index contributed by atoms with van der Waals surface area (Å²) >= 11 is 5.90. The van der Waals surface area contributed by atoms with Crippen molar-refractivity contribution in [3.63, 3.8) is 0 Å². The number of halogens is 1. The van der Waals surface area contributed by atoms with Crippen molar-refractivity contribution in [1.29, 1.82) is 0 Å². The number of piperidine rings is 1. The van der Waals surface area contributed by atoms with E-state index in [1.807, 2.05) is 29.2 Å². The predicted octanol–water partition coefficient (Wildman–Crippen LogP) is 2.75. The van der Waals surface area contributed by atoms with Crippen LogP contribution in [-0.2, 0) is 22.6 Å². The minimum atomic E-state index is -0.389. The Bertz CT molecular complexity index is 788. The van der Waals surface area contributed by atoms with Gasteiger partial charge in [0, 0.05) is 42.8 Å². The Labute approximate surface area is 164 Å². The van der Waals surface area contributed by atoms with E-state index < -0.39 is 0 Å². The summed E-state index contributed by atoms with van der Waals surface area (Å²) in [5.74, 6) is 0.780. The number of carbonyl (C=O) groups excluding carboxylic acids is 2. The smallest absolute Gasteiger partial charge is 0.237 e. The second-order valence-electron chi connectivity index (χ2n) is 7.04.